The van der Waals surface area contributed by atoms with Gasteiger partial charge in [-0.25, -0.2) is 4.79 Å². The van der Waals surface area contributed by atoms with E-state index in [4.69, 9.17) is 23.7 Å². The molecule has 0 aromatic carbocycles. The van der Waals surface area contributed by atoms with E-state index in [-0.39, 0.29) is 24.5 Å². The van der Waals surface area contributed by atoms with Gasteiger partial charge in [-0.05, 0) is 246 Å². The number of carbonyl (C=O) groups is 4. The van der Waals surface area contributed by atoms with Crippen LogP contribution in [0.15, 0.2) is 0 Å². The van der Waals surface area contributed by atoms with Crippen LogP contribution < -0.4 is 0 Å². The molecule has 0 saturated heterocycles. The fraction of sp³-hybridized carbons (Fsp3) is 0.940. The van der Waals surface area contributed by atoms with E-state index < -0.39 is 6.16 Å². The van der Waals surface area contributed by atoms with Gasteiger partial charge < -0.3 is 38.6 Å². The minimum Gasteiger partial charge on any atom is -0.466 e. The van der Waals surface area contributed by atoms with Crippen LogP contribution in [0.4, 0.5) is 4.79 Å². The highest BCUT2D eigenvalue weighted by atomic mass is 16.7. The molecule has 9 aliphatic carbocycles. The van der Waals surface area contributed by atoms with Crippen molar-refractivity contribution in [3.05, 3.63) is 0 Å². The largest absolute Gasteiger partial charge is 0.508 e. The van der Waals surface area contributed by atoms with E-state index in [1.54, 1.807) is 0 Å². The second kappa shape index (κ2) is 38.4. The summed E-state index contributed by atoms with van der Waals surface area (Å²) in [6.45, 7) is 8.21. The molecule has 0 spiro atoms. The molecule has 0 aliphatic heterocycles. The van der Waals surface area contributed by atoms with Crippen molar-refractivity contribution in [2.45, 2.75) is 289 Å². The SMILES string of the molecule is O=C(CCCCCCCCN(CCCO)CCCOC(=O)OCCCN(CCCCCCCCC(=O)OCCC12CCC(CC1)CC2)CCCCCCCCC(=O)OCCC12CCC(CC1)CC2)OCCC12CCC(CC1)CC2. The van der Waals surface area contributed by atoms with E-state index in [0.29, 0.717) is 68.5 Å². The third-order valence-electron chi connectivity index (χ3n) is 21.1. The zero-order chi connectivity index (χ0) is 55.5. The number of unbranched alkanes of at least 4 members (excludes halogenated alkanes) is 15. The molecule has 0 heterocycles. The number of carbonyl (C=O) groups excluding carboxylic acids is 4. The number of aliphatic hydroxyl groups is 1. The topological polar surface area (TPSA) is 141 Å². The lowest BCUT2D eigenvalue weighted by Crippen LogP contribution is -2.35. The van der Waals surface area contributed by atoms with Gasteiger partial charge in [-0.2, -0.15) is 0 Å². The number of hydrogen-bond donors (Lipinski definition) is 1. The van der Waals surface area contributed by atoms with Gasteiger partial charge >= 0.3 is 24.1 Å². The maximum absolute atomic E-state index is 12.6. The molecule has 0 amide bonds. The molecule has 0 aromatic heterocycles. The maximum atomic E-state index is 12.6. The van der Waals surface area contributed by atoms with Crippen molar-refractivity contribution in [3.63, 3.8) is 0 Å². The fourth-order valence-corrected chi connectivity index (χ4v) is 15.3. The predicted molar refractivity (Wildman–Crippen MR) is 316 cm³/mol. The number of hydrogen-bond acceptors (Lipinski definition) is 12. The lowest BCUT2D eigenvalue weighted by molar-refractivity contribution is -0.146. The highest BCUT2D eigenvalue weighted by Crippen LogP contribution is 2.54. The highest BCUT2D eigenvalue weighted by molar-refractivity contribution is 5.70. The zero-order valence-corrected chi connectivity index (χ0v) is 50.6. The van der Waals surface area contributed by atoms with Crippen LogP contribution in [0.3, 0.4) is 0 Å². The van der Waals surface area contributed by atoms with Crippen LogP contribution in [0.1, 0.15) is 289 Å². The van der Waals surface area contributed by atoms with Crippen LogP contribution in [-0.4, -0.2) is 118 Å². The molecule has 6 bridgehead atoms. The first-order valence-electron chi connectivity index (χ1n) is 34.0. The highest BCUT2D eigenvalue weighted by Gasteiger charge is 2.42. The lowest BCUT2D eigenvalue weighted by atomic mass is 9.59. The molecule has 0 aromatic rings. The second-order valence-corrected chi connectivity index (χ2v) is 26.9. The number of ether oxygens (including phenoxy) is 5. The minimum atomic E-state index is -0.592. The zero-order valence-electron chi connectivity index (χ0n) is 50.6. The average Bonchev–Trinajstić information content (AvgIpc) is 3.53. The number of esters is 3. The van der Waals surface area contributed by atoms with Crippen LogP contribution in [0.25, 0.3) is 0 Å². The van der Waals surface area contributed by atoms with Crippen LogP contribution in [-0.2, 0) is 38.1 Å². The summed E-state index contributed by atoms with van der Waals surface area (Å²) < 4.78 is 28.1. The van der Waals surface area contributed by atoms with Crippen LogP contribution >= 0.6 is 0 Å². The fourth-order valence-electron chi connectivity index (χ4n) is 15.3. The Kier molecular flexibility index (Phi) is 32.0. The summed E-state index contributed by atoms with van der Waals surface area (Å²) in [7, 11) is 0. The van der Waals surface area contributed by atoms with Gasteiger partial charge in [0.1, 0.15) is 0 Å². The molecule has 0 radical (unpaired) electrons. The van der Waals surface area contributed by atoms with Gasteiger partial charge in [0.2, 0.25) is 0 Å². The summed E-state index contributed by atoms with van der Waals surface area (Å²) in [6, 6.07) is 0. The Bertz CT molecular complexity index is 1540. The van der Waals surface area contributed by atoms with Gasteiger partial charge in [0.15, 0.2) is 0 Å². The van der Waals surface area contributed by atoms with Crippen LogP contribution in [0, 0.1) is 34.0 Å². The standard InChI is InChI=1S/C67H118N2O10/c70-52-19-49-69(48-18-12-6-3-9-15-24-63(73)77-57-45-67-40-31-60(32-41-67)33-42-67)51-21-54-79-64(74)78-53-20-50-68(46-16-10-4-1-7-13-22-61(71)75-55-43-65-34-25-58(26-35-65)27-36-65)47-17-11-5-2-8-14-23-62(72)76-56-44-66-37-28-59(29-38-66)30-39-66/h58-60,70H,1-57H2. The van der Waals surface area contributed by atoms with Crippen molar-refractivity contribution in [1.82, 2.24) is 9.80 Å². The smallest absolute Gasteiger partial charge is 0.466 e. The van der Waals surface area contributed by atoms with Gasteiger partial charge in [-0.1, -0.05) is 77.0 Å². The summed E-state index contributed by atoms with van der Waals surface area (Å²) in [5.74, 6) is 2.84. The average molecular weight is 1110 g/mol. The number of fused-ring (bicyclic) bond motifs is 9. The second-order valence-electron chi connectivity index (χ2n) is 26.9. The number of rotatable bonds is 47. The molecule has 9 rings (SSSR count). The molecular formula is C67H118N2O10. The van der Waals surface area contributed by atoms with Crippen molar-refractivity contribution in [3.8, 4) is 0 Å². The Labute approximate surface area is 481 Å². The molecule has 1 N–H and O–H groups in total. The van der Waals surface area contributed by atoms with E-state index in [9.17, 15) is 24.3 Å². The molecule has 12 heteroatoms. The van der Waals surface area contributed by atoms with Crippen LogP contribution in [0.2, 0.25) is 0 Å². The summed E-state index contributed by atoms with van der Waals surface area (Å²) in [6.07, 6.45) is 50.6. The first kappa shape index (κ1) is 65.7. The van der Waals surface area contributed by atoms with E-state index in [2.05, 4.69) is 9.80 Å². The summed E-state index contributed by atoms with van der Waals surface area (Å²) in [5.41, 5.74) is 1.38. The van der Waals surface area contributed by atoms with E-state index in [1.807, 2.05) is 0 Å². The predicted octanol–water partition coefficient (Wildman–Crippen LogP) is 15.8. The van der Waals surface area contributed by atoms with E-state index in [0.717, 1.165) is 185 Å². The molecule has 456 valence electrons. The molecule has 9 aliphatic rings. The molecule has 79 heavy (non-hydrogen) atoms. The van der Waals surface area contributed by atoms with Crippen LogP contribution in [0.5, 0.6) is 0 Å². The van der Waals surface area contributed by atoms with Crippen molar-refractivity contribution in [2.24, 2.45) is 34.0 Å². The van der Waals surface area contributed by atoms with Gasteiger partial charge in [0.05, 0.1) is 33.0 Å². The van der Waals surface area contributed by atoms with Gasteiger partial charge in [-0.15, -0.1) is 0 Å². The first-order valence-corrected chi connectivity index (χ1v) is 34.0. The monoisotopic (exact) mass is 1110 g/mol. The maximum Gasteiger partial charge on any atom is 0.508 e. The van der Waals surface area contributed by atoms with E-state index >= 15 is 0 Å². The van der Waals surface area contributed by atoms with E-state index in [1.165, 1.54) is 141 Å². The molecule has 9 fully saturated rings. The Balaban J connectivity index is 0.759. The summed E-state index contributed by atoms with van der Waals surface area (Å²) >= 11 is 0. The molecular weight excluding hydrogens is 993 g/mol. The van der Waals surface area contributed by atoms with Crippen molar-refractivity contribution < 1.29 is 48.0 Å². The number of nitrogens with zero attached hydrogens (tertiary/aromatic N) is 2. The third-order valence-corrected chi connectivity index (χ3v) is 21.1. The normalized spacial score (nSPS) is 25.0. The Morgan fingerprint density at radius 2 is 0.570 bits per heavy atom. The van der Waals surface area contributed by atoms with Crippen molar-refractivity contribution in [1.29, 1.82) is 0 Å². The quantitative estimate of drug-likeness (QED) is 0.0352. The van der Waals surface area contributed by atoms with Gasteiger partial charge in [0.25, 0.3) is 0 Å². The molecule has 0 unspecified atom stereocenters. The molecule has 9 saturated carbocycles. The van der Waals surface area contributed by atoms with Crippen molar-refractivity contribution >= 4 is 24.1 Å². The molecule has 12 nitrogen and oxygen atoms in total. The Hall–Kier alpha value is -2.44. The van der Waals surface area contributed by atoms with Gasteiger partial charge in [-0.3, -0.25) is 14.4 Å². The third kappa shape index (κ3) is 26.8. The Morgan fingerprint density at radius 1 is 0.316 bits per heavy atom. The lowest BCUT2D eigenvalue weighted by Gasteiger charge is -2.46. The number of aliphatic hydroxyl groups excluding tert-OH is 1. The molecule has 0 atom stereocenters. The summed E-state index contributed by atoms with van der Waals surface area (Å²) in [5, 5.41) is 9.51. The van der Waals surface area contributed by atoms with Gasteiger partial charge in [0, 0.05) is 45.5 Å². The minimum absolute atomic E-state index is 0.0143. The van der Waals surface area contributed by atoms with Crippen molar-refractivity contribution in [2.75, 3.05) is 78.9 Å². The summed E-state index contributed by atoms with van der Waals surface area (Å²) in [4.78, 5) is 54.8. The Morgan fingerprint density at radius 3 is 0.861 bits per heavy atom. The first-order chi connectivity index (χ1) is 38.6.